The van der Waals surface area contributed by atoms with Gasteiger partial charge in [0.1, 0.15) is 0 Å². The molecule has 5 unspecified atom stereocenters. The van der Waals surface area contributed by atoms with Crippen LogP contribution in [-0.4, -0.2) is 0 Å². The summed E-state index contributed by atoms with van der Waals surface area (Å²) < 4.78 is 0. The lowest BCUT2D eigenvalue weighted by Gasteiger charge is -2.27. The van der Waals surface area contributed by atoms with E-state index in [-0.39, 0.29) is 0 Å². The highest BCUT2D eigenvalue weighted by atomic mass is 14.3. The fraction of sp³-hybridized carbons (Fsp3) is 0.500. The molecule has 5 atom stereocenters. The molecular formula is C28H38. The zero-order valence-electron chi connectivity index (χ0n) is 18.3. The second kappa shape index (κ2) is 9.59. The predicted octanol–water partition coefficient (Wildman–Crippen LogP) is 8.24. The maximum Gasteiger partial charge on any atom is -0.0136 e. The van der Waals surface area contributed by atoms with Gasteiger partial charge in [0.2, 0.25) is 0 Å². The second-order valence-corrected chi connectivity index (χ2v) is 9.44. The Morgan fingerprint density at radius 1 is 0.929 bits per heavy atom. The Bertz CT molecular complexity index is 737. The minimum Gasteiger partial charge on any atom is -0.0985 e. The lowest BCUT2D eigenvalue weighted by molar-refractivity contribution is 0.315. The molecule has 150 valence electrons. The third-order valence-corrected chi connectivity index (χ3v) is 7.19. The molecule has 0 fully saturated rings. The largest absolute Gasteiger partial charge is 0.0985 e. The van der Waals surface area contributed by atoms with Gasteiger partial charge in [0.25, 0.3) is 0 Å². The summed E-state index contributed by atoms with van der Waals surface area (Å²) in [7, 11) is 0. The van der Waals surface area contributed by atoms with Crippen LogP contribution < -0.4 is 0 Å². The molecule has 2 bridgehead atoms. The highest BCUT2D eigenvalue weighted by molar-refractivity contribution is 5.47. The SMILES string of the molecule is C=Cc1ccc(CC(C)CCCC2c3ccc(cc3)C(C)C(C)CC2C)cc1. The van der Waals surface area contributed by atoms with Crippen molar-refractivity contribution in [3.05, 3.63) is 77.4 Å². The summed E-state index contributed by atoms with van der Waals surface area (Å²) in [5.74, 6) is 3.64. The summed E-state index contributed by atoms with van der Waals surface area (Å²) in [6.07, 6.45) is 8.40. The van der Waals surface area contributed by atoms with Crippen LogP contribution in [0.2, 0.25) is 0 Å². The summed E-state index contributed by atoms with van der Waals surface area (Å²) in [6.45, 7) is 13.6. The molecule has 0 saturated heterocycles. The van der Waals surface area contributed by atoms with E-state index < -0.39 is 0 Å². The van der Waals surface area contributed by atoms with Crippen LogP contribution in [0, 0.1) is 17.8 Å². The second-order valence-electron chi connectivity index (χ2n) is 9.44. The van der Waals surface area contributed by atoms with Gasteiger partial charge >= 0.3 is 0 Å². The quantitative estimate of drug-likeness (QED) is 0.457. The molecule has 2 aliphatic carbocycles. The number of hydrogen-bond donors (Lipinski definition) is 0. The van der Waals surface area contributed by atoms with Crippen LogP contribution in [0.1, 0.15) is 87.5 Å². The zero-order valence-corrected chi connectivity index (χ0v) is 18.3. The summed E-state index contributed by atoms with van der Waals surface area (Å²) in [6, 6.07) is 18.5. The summed E-state index contributed by atoms with van der Waals surface area (Å²) in [5, 5.41) is 0. The Morgan fingerprint density at radius 3 is 2.21 bits per heavy atom. The molecule has 4 rings (SSSR count). The molecule has 0 radical (unpaired) electrons. The molecule has 0 spiro atoms. The van der Waals surface area contributed by atoms with Crippen molar-refractivity contribution in [1.29, 1.82) is 0 Å². The van der Waals surface area contributed by atoms with Gasteiger partial charge in [-0.15, -0.1) is 0 Å². The van der Waals surface area contributed by atoms with Gasteiger partial charge in [-0.05, 0) is 71.1 Å². The summed E-state index contributed by atoms with van der Waals surface area (Å²) in [5.41, 5.74) is 5.73. The van der Waals surface area contributed by atoms with Gasteiger partial charge in [-0.3, -0.25) is 0 Å². The van der Waals surface area contributed by atoms with E-state index in [1.165, 1.54) is 48.8 Å². The highest BCUT2D eigenvalue weighted by Gasteiger charge is 2.26. The number of hydrogen-bond acceptors (Lipinski definition) is 0. The molecule has 0 N–H and O–H groups in total. The van der Waals surface area contributed by atoms with E-state index in [0.717, 1.165) is 17.8 Å². The van der Waals surface area contributed by atoms with Crippen molar-refractivity contribution in [1.82, 2.24) is 0 Å². The Balaban J connectivity index is 1.56. The van der Waals surface area contributed by atoms with E-state index in [2.05, 4.69) is 82.8 Å². The topological polar surface area (TPSA) is 0 Å². The number of fused-ring (bicyclic) bond motifs is 6. The molecule has 2 aromatic rings. The van der Waals surface area contributed by atoms with E-state index in [4.69, 9.17) is 0 Å². The molecule has 0 aromatic heterocycles. The van der Waals surface area contributed by atoms with Crippen molar-refractivity contribution in [3.8, 4) is 0 Å². The minimum absolute atomic E-state index is 0.669. The number of rotatable bonds is 7. The van der Waals surface area contributed by atoms with Gasteiger partial charge in [-0.1, -0.05) is 102 Å². The molecule has 2 aromatic carbocycles. The van der Waals surface area contributed by atoms with Crippen molar-refractivity contribution in [2.75, 3.05) is 0 Å². The Hall–Kier alpha value is -1.82. The minimum atomic E-state index is 0.669. The molecule has 0 aliphatic heterocycles. The molecule has 28 heavy (non-hydrogen) atoms. The van der Waals surface area contributed by atoms with E-state index in [0.29, 0.717) is 11.8 Å². The fourth-order valence-electron chi connectivity index (χ4n) is 5.09. The molecule has 0 nitrogen and oxygen atoms in total. The van der Waals surface area contributed by atoms with Crippen LogP contribution in [-0.2, 0) is 6.42 Å². The summed E-state index contributed by atoms with van der Waals surface area (Å²) in [4.78, 5) is 0. The average molecular weight is 375 g/mol. The lowest BCUT2D eigenvalue weighted by atomic mass is 9.78. The highest BCUT2D eigenvalue weighted by Crippen LogP contribution is 2.40. The maximum absolute atomic E-state index is 3.84. The predicted molar refractivity (Wildman–Crippen MR) is 124 cm³/mol. The van der Waals surface area contributed by atoms with Crippen molar-refractivity contribution in [2.24, 2.45) is 17.8 Å². The number of benzene rings is 2. The molecule has 0 saturated carbocycles. The van der Waals surface area contributed by atoms with Gasteiger partial charge in [0.05, 0.1) is 0 Å². The van der Waals surface area contributed by atoms with Crippen LogP contribution >= 0.6 is 0 Å². The average Bonchev–Trinajstić information content (AvgIpc) is 2.76. The van der Waals surface area contributed by atoms with Crippen molar-refractivity contribution < 1.29 is 0 Å². The van der Waals surface area contributed by atoms with E-state index in [1.807, 2.05) is 6.08 Å². The zero-order chi connectivity index (χ0) is 20.1. The van der Waals surface area contributed by atoms with Crippen molar-refractivity contribution in [2.45, 2.75) is 71.6 Å². The molecule has 0 heterocycles. The molecule has 0 heteroatoms. The van der Waals surface area contributed by atoms with Crippen molar-refractivity contribution >= 4 is 6.08 Å². The standard InChI is InChI=1S/C28H38/c1-6-24-10-12-25(13-11-24)18-20(2)8-7-9-28-22(4)19-21(3)23(5)26-14-16-27(28)17-15-26/h6,10-17,20-23,28H,1,7-9,18-19H2,2-5H3. The third kappa shape index (κ3) is 5.16. The maximum atomic E-state index is 3.84. The Kier molecular flexibility index (Phi) is 7.16. The lowest BCUT2D eigenvalue weighted by Crippen LogP contribution is -2.15. The first-order chi connectivity index (χ1) is 13.5. The van der Waals surface area contributed by atoms with E-state index >= 15 is 0 Å². The Morgan fingerprint density at radius 2 is 1.57 bits per heavy atom. The van der Waals surface area contributed by atoms with Crippen LogP contribution in [0.4, 0.5) is 0 Å². The van der Waals surface area contributed by atoms with Crippen LogP contribution in [0.5, 0.6) is 0 Å². The van der Waals surface area contributed by atoms with Crippen LogP contribution in [0.3, 0.4) is 0 Å². The molecule has 0 amide bonds. The van der Waals surface area contributed by atoms with Gasteiger partial charge in [0.15, 0.2) is 0 Å². The van der Waals surface area contributed by atoms with Gasteiger partial charge < -0.3 is 0 Å². The first-order valence-electron chi connectivity index (χ1n) is 11.3. The van der Waals surface area contributed by atoms with Crippen molar-refractivity contribution in [3.63, 3.8) is 0 Å². The van der Waals surface area contributed by atoms with E-state index in [1.54, 1.807) is 5.56 Å². The van der Waals surface area contributed by atoms with E-state index in [9.17, 15) is 0 Å². The molecular weight excluding hydrogens is 336 g/mol. The first-order valence-corrected chi connectivity index (χ1v) is 11.3. The van der Waals surface area contributed by atoms with Crippen LogP contribution in [0.25, 0.3) is 6.08 Å². The summed E-state index contributed by atoms with van der Waals surface area (Å²) >= 11 is 0. The van der Waals surface area contributed by atoms with Crippen LogP contribution in [0.15, 0.2) is 55.1 Å². The first kappa shape index (κ1) is 20.9. The monoisotopic (exact) mass is 374 g/mol. The smallest absolute Gasteiger partial charge is 0.0136 e. The third-order valence-electron chi connectivity index (χ3n) is 7.19. The fourth-order valence-corrected chi connectivity index (χ4v) is 5.09. The van der Waals surface area contributed by atoms with Gasteiger partial charge in [-0.25, -0.2) is 0 Å². The normalized spacial score (nSPS) is 25.6. The van der Waals surface area contributed by atoms with Gasteiger partial charge in [0, 0.05) is 0 Å². The van der Waals surface area contributed by atoms with Gasteiger partial charge in [-0.2, -0.15) is 0 Å². The molecule has 2 aliphatic rings. The Labute approximate surface area is 173 Å².